The van der Waals surface area contributed by atoms with Crippen molar-refractivity contribution in [2.75, 3.05) is 13.6 Å². The van der Waals surface area contributed by atoms with E-state index in [4.69, 9.17) is 11.6 Å². The van der Waals surface area contributed by atoms with E-state index < -0.39 is 4.92 Å². The highest BCUT2D eigenvalue weighted by Gasteiger charge is 2.27. The van der Waals surface area contributed by atoms with E-state index in [9.17, 15) is 14.9 Å². The Morgan fingerprint density at radius 1 is 1.63 bits per heavy atom. The van der Waals surface area contributed by atoms with Crippen molar-refractivity contribution in [3.63, 3.8) is 0 Å². The van der Waals surface area contributed by atoms with Crippen LogP contribution in [-0.4, -0.2) is 34.3 Å². The normalized spacial score (nSPS) is 14.8. The summed E-state index contributed by atoms with van der Waals surface area (Å²) in [4.78, 5) is 27.7. The molecule has 0 saturated heterocycles. The first-order valence-electron chi connectivity index (χ1n) is 6.04. The van der Waals surface area contributed by atoms with Gasteiger partial charge in [0.2, 0.25) is 0 Å². The zero-order chi connectivity index (χ0) is 14.0. The van der Waals surface area contributed by atoms with E-state index in [1.165, 1.54) is 17.4 Å². The maximum Gasteiger partial charge on any atom is 0.300 e. The number of halogens is 1. The SMILES string of the molecule is CN(CC1CCC1)C(=O)c1cc(Cl)ncc1[N+](=O)[O-]. The third kappa shape index (κ3) is 3.01. The topological polar surface area (TPSA) is 76.3 Å². The highest BCUT2D eigenvalue weighted by Crippen LogP contribution is 2.28. The predicted molar refractivity (Wildman–Crippen MR) is 70.2 cm³/mol. The fourth-order valence-electron chi connectivity index (χ4n) is 2.09. The molecule has 0 bridgehead atoms. The minimum absolute atomic E-state index is 0.00757. The molecule has 6 nitrogen and oxygen atoms in total. The summed E-state index contributed by atoms with van der Waals surface area (Å²) in [5.41, 5.74) is -0.318. The van der Waals surface area contributed by atoms with Crippen LogP contribution < -0.4 is 0 Å². The van der Waals surface area contributed by atoms with Crippen LogP contribution in [-0.2, 0) is 0 Å². The van der Waals surface area contributed by atoms with Crippen molar-refractivity contribution < 1.29 is 9.72 Å². The molecule has 19 heavy (non-hydrogen) atoms. The van der Waals surface area contributed by atoms with Gasteiger partial charge in [-0.25, -0.2) is 4.98 Å². The lowest BCUT2D eigenvalue weighted by molar-refractivity contribution is -0.385. The molecule has 1 fully saturated rings. The number of nitrogens with zero attached hydrogens (tertiary/aromatic N) is 3. The number of nitro groups is 1. The van der Waals surface area contributed by atoms with E-state index in [0.29, 0.717) is 12.5 Å². The third-order valence-electron chi connectivity index (χ3n) is 3.38. The summed E-state index contributed by atoms with van der Waals surface area (Å²) in [6.07, 6.45) is 4.42. The smallest absolute Gasteiger partial charge is 0.300 e. The van der Waals surface area contributed by atoms with Crippen LogP contribution in [0.15, 0.2) is 12.3 Å². The Kier molecular flexibility index (Phi) is 3.99. The largest absolute Gasteiger partial charge is 0.341 e. The number of pyridine rings is 1. The minimum atomic E-state index is -0.617. The summed E-state index contributed by atoms with van der Waals surface area (Å²) in [6.45, 7) is 0.621. The molecular formula is C12H14ClN3O3. The van der Waals surface area contributed by atoms with Crippen LogP contribution in [0.2, 0.25) is 5.15 Å². The molecule has 0 aliphatic heterocycles. The molecule has 1 heterocycles. The maximum atomic E-state index is 12.2. The van der Waals surface area contributed by atoms with Gasteiger partial charge in [0.25, 0.3) is 11.6 Å². The fraction of sp³-hybridized carbons (Fsp3) is 0.500. The van der Waals surface area contributed by atoms with Crippen molar-refractivity contribution in [1.82, 2.24) is 9.88 Å². The van der Waals surface area contributed by atoms with Crippen LogP contribution in [0.25, 0.3) is 0 Å². The van der Waals surface area contributed by atoms with Gasteiger partial charge in [-0.1, -0.05) is 18.0 Å². The molecule has 0 unspecified atom stereocenters. The van der Waals surface area contributed by atoms with E-state index in [-0.39, 0.29) is 22.3 Å². The molecule has 1 aromatic rings. The van der Waals surface area contributed by atoms with Crippen LogP contribution in [0.1, 0.15) is 29.6 Å². The molecule has 0 radical (unpaired) electrons. The predicted octanol–water partition coefficient (Wildman–Crippen LogP) is 2.52. The molecule has 0 N–H and O–H groups in total. The van der Waals surface area contributed by atoms with Gasteiger partial charge >= 0.3 is 0 Å². The number of aromatic nitrogens is 1. The lowest BCUT2D eigenvalue weighted by Crippen LogP contribution is -2.34. The number of hydrogen-bond acceptors (Lipinski definition) is 4. The van der Waals surface area contributed by atoms with E-state index >= 15 is 0 Å². The van der Waals surface area contributed by atoms with Gasteiger partial charge in [0.15, 0.2) is 0 Å². The fourth-order valence-corrected chi connectivity index (χ4v) is 2.25. The van der Waals surface area contributed by atoms with Gasteiger partial charge in [-0.05, 0) is 24.8 Å². The van der Waals surface area contributed by atoms with Crippen LogP contribution in [0.5, 0.6) is 0 Å². The van der Waals surface area contributed by atoms with E-state index in [1.54, 1.807) is 7.05 Å². The first-order chi connectivity index (χ1) is 8.99. The minimum Gasteiger partial charge on any atom is -0.341 e. The van der Waals surface area contributed by atoms with Crippen molar-refractivity contribution >= 4 is 23.2 Å². The highest BCUT2D eigenvalue weighted by molar-refractivity contribution is 6.29. The van der Waals surface area contributed by atoms with Gasteiger partial charge in [-0.2, -0.15) is 0 Å². The third-order valence-corrected chi connectivity index (χ3v) is 3.59. The number of carbonyl (C=O) groups is 1. The average molecular weight is 284 g/mol. The quantitative estimate of drug-likeness (QED) is 0.483. The molecule has 1 aliphatic carbocycles. The Morgan fingerprint density at radius 2 is 2.32 bits per heavy atom. The Morgan fingerprint density at radius 3 is 2.84 bits per heavy atom. The second-order valence-electron chi connectivity index (χ2n) is 4.76. The molecule has 2 rings (SSSR count). The molecule has 1 aromatic heterocycles. The summed E-state index contributed by atoms with van der Waals surface area (Å²) >= 11 is 5.71. The molecule has 7 heteroatoms. The summed E-state index contributed by atoms with van der Waals surface area (Å²) in [5, 5.41) is 11.0. The second-order valence-corrected chi connectivity index (χ2v) is 5.15. The second kappa shape index (κ2) is 5.52. The summed E-state index contributed by atoms with van der Waals surface area (Å²) in [5.74, 6) is 0.119. The van der Waals surface area contributed by atoms with Gasteiger partial charge in [-0.3, -0.25) is 14.9 Å². The highest BCUT2D eigenvalue weighted by atomic mass is 35.5. The van der Waals surface area contributed by atoms with Crippen LogP contribution >= 0.6 is 11.6 Å². The standard InChI is InChI=1S/C12H14ClN3O3/c1-15(7-8-3-2-4-8)12(17)9-5-11(13)14-6-10(9)16(18)19/h5-6,8H,2-4,7H2,1H3. The summed E-state index contributed by atoms with van der Waals surface area (Å²) in [7, 11) is 1.65. The van der Waals surface area contributed by atoms with Crippen molar-refractivity contribution in [3.05, 3.63) is 33.1 Å². The molecule has 102 valence electrons. The van der Waals surface area contributed by atoms with Crippen LogP contribution in [0.3, 0.4) is 0 Å². The Balaban J connectivity index is 2.21. The van der Waals surface area contributed by atoms with Crippen molar-refractivity contribution in [1.29, 1.82) is 0 Å². The Labute approximate surface area is 115 Å². The number of hydrogen-bond donors (Lipinski definition) is 0. The van der Waals surface area contributed by atoms with Crippen LogP contribution in [0, 0.1) is 16.0 Å². The van der Waals surface area contributed by atoms with Crippen molar-refractivity contribution in [2.24, 2.45) is 5.92 Å². The zero-order valence-corrected chi connectivity index (χ0v) is 11.3. The lowest BCUT2D eigenvalue weighted by atomic mass is 9.85. The van der Waals surface area contributed by atoms with Gasteiger partial charge in [0.1, 0.15) is 16.9 Å². The van der Waals surface area contributed by atoms with Gasteiger partial charge < -0.3 is 4.90 Å². The van der Waals surface area contributed by atoms with Crippen molar-refractivity contribution in [3.8, 4) is 0 Å². The zero-order valence-electron chi connectivity index (χ0n) is 10.5. The first kappa shape index (κ1) is 13.7. The molecular weight excluding hydrogens is 270 g/mol. The lowest BCUT2D eigenvalue weighted by Gasteiger charge is -2.30. The molecule has 0 atom stereocenters. The van der Waals surface area contributed by atoms with E-state index in [0.717, 1.165) is 19.0 Å². The molecule has 1 aliphatic rings. The maximum absolute atomic E-state index is 12.2. The van der Waals surface area contributed by atoms with Gasteiger partial charge in [-0.15, -0.1) is 0 Å². The van der Waals surface area contributed by atoms with Gasteiger partial charge in [0, 0.05) is 13.6 Å². The van der Waals surface area contributed by atoms with Crippen molar-refractivity contribution in [2.45, 2.75) is 19.3 Å². The monoisotopic (exact) mass is 283 g/mol. The Hall–Kier alpha value is -1.69. The van der Waals surface area contributed by atoms with E-state index in [1.807, 2.05) is 0 Å². The number of carbonyl (C=O) groups excluding carboxylic acids is 1. The molecule has 0 aromatic carbocycles. The molecule has 0 spiro atoms. The van der Waals surface area contributed by atoms with E-state index in [2.05, 4.69) is 4.98 Å². The Bertz CT molecular complexity index is 517. The number of rotatable bonds is 4. The summed E-state index contributed by atoms with van der Waals surface area (Å²) < 4.78 is 0. The molecule has 1 amide bonds. The molecule has 1 saturated carbocycles. The summed E-state index contributed by atoms with van der Waals surface area (Å²) in [6, 6.07) is 1.25. The van der Waals surface area contributed by atoms with Crippen LogP contribution in [0.4, 0.5) is 5.69 Å². The van der Waals surface area contributed by atoms with Gasteiger partial charge in [0.05, 0.1) is 4.92 Å². The number of amides is 1. The first-order valence-corrected chi connectivity index (χ1v) is 6.42. The average Bonchev–Trinajstić information content (AvgIpc) is 2.32.